The number of amides is 1. The van der Waals surface area contributed by atoms with E-state index in [1.165, 1.54) is 0 Å². The van der Waals surface area contributed by atoms with E-state index in [0.717, 1.165) is 49.5 Å². The van der Waals surface area contributed by atoms with E-state index in [4.69, 9.17) is 14.2 Å². The fourth-order valence-corrected chi connectivity index (χ4v) is 3.08. The lowest BCUT2D eigenvalue weighted by Crippen LogP contribution is -2.22. The van der Waals surface area contributed by atoms with Crippen LogP contribution in [-0.2, 0) is 9.53 Å². The number of hydrogen-bond acceptors (Lipinski definition) is 5. The molecule has 29 heavy (non-hydrogen) atoms. The molecule has 1 amide bonds. The minimum atomic E-state index is -0.135. The van der Waals surface area contributed by atoms with Crippen molar-refractivity contribution in [1.82, 2.24) is 0 Å². The molecular weight excluding hydrogens is 368 g/mol. The van der Waals surface area contributed by atoms with Gasteiger partial charge in [-0.1, -0.05) is 31.5 Å². The van der Waals surface area contributed by atoms with Crippen LogP contribution >= 0.6 is 0 Å². The Morgan fingerprint density at radius 3 is 2.90 bits per heavy atom. The molecule has 1 heterocycles. The Bertz CT molecular complexity index is 775. The Morgan fingerprint density at radius 2 is 2.07 bits per heavy atom. The molecule has 1 aliphatic heterocycles. The second-order valence-corrected chi connectivity index (χ2v) is 7.07. The number of anilines is 2. The van der Waals surface area contributed by atoms with Crippen LogP contribution < -0.4 is 20.1 Å². The molecular formula is C23H30N2O4. The summed E-state index contributed by atoms with van der Waals surface area (Å²) in [5, 5.41) is 6.05. The van der Waals surface area contributed by atoms with Crippen LogP contribution in [0.15, 0.2) is 48.5 Å². The van der Waals surface area contributed by atoms with Crippen LogP contribution in [-0.4, -0.2) is 38.4 Å². The van der Waals surface area contributed by atoms with Crippen molar-refractivity contribution in [3.63, 3.8) is 0 Å². The Kier molecular flexibility index (Phi) is 8.19. The molecule has 6 nitrogen and oxygen atoms in total. The highest BCUT2D eigenvalue weighted by molar-refractivity contribution is 5.94. The lowest BCUT2D eigenvalue weighted by molar-refractivity contribution is -0.114. The monoisotopic (exact) mass is 398 g/mol. The van der Waals surface area contributed by atoms with Gasteiger partial charge in [0.15, 0.2) is 0 Å². The topological polar surface area (TPSA) is 68.8 Å². The van der Waals surface area contributed by atoms with Crippen LogP contribution in [0, 0.1) is 0 Å². The number of unbranched alkanes of at least 4 members (excludes halogenated alkanes) is 1. The van der Waals surface area contributed by atoms with E-state index in [9.17, 15) is 4.79 Å². The number of hydrogen-bond donors (Lipinski definition) is 2. The smallest absolute Gasteiger partial charge is 0.243 e. The summed E-state index contributed by atoms with van der Waals surface area (Å²) in [6.45, 7) is 4.27. The summed E-state index contributed by atoms with van der Waals surface area (Å²) in [4.78, 5) is 12.4. The highest BCUT2D eigenvalue weighted by Crippen LogP contribution is 2.25. The van der Waals surface area contributed by atoms with Gasteiger partial charge in [-0.25, -0.2) is 0 Å². The number of ether oxygens (including phenoxy) is 3. The van der Waals surface area contributed by atoms with Gasteiger partial charge in [0.05, 0.1) is 24.9 Å². The van der Waals surface area contributed by atoms with Gasteiger partial charge in [0.25, 0.3) is 0 Å². The largest absolute Gasteiger partial charge is 0.494 e. The Labute approximate surface area is 172 Å². The van der Waals surface area contributed by atoms with Crippen LogP contribution in [0.4, 0.5) is 11.4 Å². The second kappa shape index (κ2) is 11.3. The molecule has 1 atom stereocenters. The van der Waals surface area contributed by atoms with E-state index in [-0.39, 0.29) is 18.6 Å². The SMILES string of the molecule is CCCCOc1cccc(NC(=O)CNc2ccccc2OCC2CCCO2)c1. The van der Waals surface area contributed by atoms with Crippen molar-refractivity contribution < 1.29 is 19.0 Å². The molecule has 0 bridgehead atoms. The Balaban J connectivity index is 1.48. The Morgan fingerprint density at radius 1 is 1.17 bits per heavy atom. The van der Waals surface area contributed by atoms with Crippen molar-refractivity contribution in [3.05, 3.63) is 48.5 Å². The van der Waals surface area contributed by atoms with Gasteiger partial charge >= 0.3 is 0 Å². The minimum Gasteiger partial charge on any atom is -0.494 e. The lowest BCUT2D eigenvalue weighted by Gasteiger charge is -2.15. The molecule has 0 radical (unpaired) electrons. The van der Waals surface area contributed by atoms with E-state index in [1.54, 1.807) is 0 Å². The van der Waals surface area contributed by atoms with E-state index in [0.29, 0.717) is 18.9 Å². The first-order valence-corrected chi connectivity index (χ1v) is 10.3. The number of carbonyl (C=O) groups excluding carboxylic acids is 1. The van der Waals surface area contributed by atoms with Gasteiger partial charge in [0, 0.05) is 18.4 Å². The van der Waals surface area contributed by atoms with Gasteiger partial charge in [-0.2, -0.15) is 0 Å². The van der Waals surface area contributed by atoms with E-state index in [2.05, 4.69) is 17.6 Å². The highest BCUT2D eigenvalue weighted by Gasteiger charge is 2.16. The zero-order chi connectivity index (χ0) is 20.3. The van der Waals surface area contributed by atoms with Crippen molar-refractivity contribution >= 4 is 17.3 Å². The first-order chi connectivity index (χ1) is 14.2. The number of nitrogens with one attached hydrogen (secondary N) is 2. The highest BCUT2D eigenvalue weighted by atomic mass is 16.5. The van der Waals surface area contributed by atoms with Gasteiger partial charge in [0.1, 0.15) is 18.1 Å². The first-order valence-electron chi connectivity index (χ1n) is 10.3. The van der Waals surface area contributed by atoms with E-state index < -0.39 is 0 Å². The summed E-state index contributed by atoms with van der Waals surface area (Å²) < 4.78 is 17.2. The minimum absolute atomic E-state index is 0.135. The fraction of sp³-hybridized carbons (Fsp3) is 0.435. The van der Waals surface area contributed by atoms with Crippen LogP contribution in [0.25, 0.3) is 0 Å². The molecule has 6 heteroatoms. The molecule has 0 saturated carbocycles. The van der Waals surface area contributed by atoms with Crippen LogP contribution in [0.5, 0.6) is 11.5 Å². The molecule has 2 aromatic carbocycles. The third-order valence-corrected chi connectivity index (χ3v) is 4.66. The predicted octanol–water partition coefficient (Wildman–Crippen LogP) is 4.47. The Hall–Kier alpha value is -2.73. The van der Waals surface area contributed by atoms with Crippen LogP contribution in [0.3, 0.4) is 0 Å². The average molecular weight is 399 g/mol. The first kappa shape index (κ1) is 21.0. The van der Waals surface area contributed by atoms with Crippen molar-refractivity contribution in [2.24, 2.45) is 0 Å². The normalized spacial score (nSPS) is 15.7. The van der Waals surface area contributed by atoms with E-state index >= 15 is 0 Å². The molecule has 0 spiro atoms. The number of benzene rings is 2. The van der Waals surface area contributed by atoms with Crippen LogP contribution in [0.1, 0.15) is 32.6 Å². The summed E-state index contributed by atoms with van der Waals surface area (Å²) in [6, 6.07) is 15.1. The average Bonchev–Trinajstić information content (AvgIpc) is 3.25. The zero-order valence-electron chi connectivity index (χ0n) is 17.0. The van der Waals surface area contributed by atoms with Crippen molar-refractivity contribution in [2.75, 3.05) is 37.0 Å². The predicted molar refractivity (Wildman–Crippen MR) is 115 cm³/mol. The standard InChI is InChI=1S/C23H30N2O4/c1-2-3-13-27-19-9-6-8-18(15-19)25-23(26)16-24-21-11-4-5-12-22(21)29-17-20-10-7-14-28-20/h4-6,8-9,11-12,15,20,24H,2-3,7,10,13-14,16-17H2,1H3,(H,25,26). The van der Waals surface area contributed by atoms with E-state index in [1.807, 2.05) is 48.5 Å². The van der Waals surface area contributed by atoms with Crippen molar-refractivity contribution in [1.29, 1.82) is 0 Å². The van der Waals surface area contributed by atoms with Crippen molar-refractivity contribution in [2.45, 2.75) is 38.7 Å². The lowest BCUT2D eigenvalue weighted by atomic mass is 10.2. The fourth-order valence-electron chi connectivity index (χ4n) is 3.08. The second-order valence-electron chi connectivity index (χ2n) is 7.07. The molecule has 0 aliphatic carbocycles. The molecule has 1 fully saturated rings. The maximum absolute atomic E-state index is 12.4. The summed E-state index contributed by atoms with van der Waals surface area (Å²) in [5.74, 6) is 1.35. The summed E-state index contributed by atoms with van der Waals surface area (Å²) in [5.41, 5.74) is 1.51. The quantitative estimate of drug-likeness (QED) is 0.547. The van der Waals surface area contributed by atoms with Gasteiger partial charge < -0.3 is 24.8 Å². The number of para-hydroxylation sites is 2. The van der Waals surface area contributed by atoms with Gasteiger partial charge in [-0.15, -0.1) is 0 Å². The third-order valence-electron chi connectivity index (χ3n) is 4.66. The van der Waals surface area contributed by atoms with Gasteiger partial charge in [-0.05, 0) is 43.5 Å². The molecule has 0 aromatic heterocycles. The molecule has 1 unspecified atom stereocenters. The molecule has 1 saturated heterocycles. The summed E-state index contributed by atoms with van der Waals surface area (Å²) in [7, 11) is 0. The van der Waals surface area contributed by atoms with Crippen molar-refractivity contribution in [3.8, 4) is 11.5 Å². The molecule has 156 valence electrons. The maximum atomic E-state index is 12.4. The summed E-state index contributed by atoms with van der Waals surface area (Å²) in [6.07, 6.45) is 4.35. The molecule has 1 aliphatic rings. The zero-order valence-corrected chi connectivity index (χ0v) is 17.0. The number of carbonyl (C=O) groups is 1. The number of rotatable bonds is 11. The van der Waals surface area contributed by atoms with Crippen LogP contribution in [0.2, 0.25) is 0 Å². The third kappa shape index (κ3) is 6.98. The van der Waals surface area contributed by atoms with Gasteiger partial charge in [0.2, 0.25) is 5.91 Å². The molecule has 3 rings (SSSR count). The summed E-state index contributed by atoms with van der Waals surface area (Å²) >= 11 is 0. The molecule has 2 aromatic rings. The maximum Gasteiger partial charge on any atom is 0.243 e. The molecule has 2 N–H and O–H groups in total. The van der Waals surface area contributed by atoms with Gasteiger partial charge in [-0.3, -0.25) is 4.79 Å².